The smallest absolute Gasteiger partial charge is 0.408 e. The fraction of sp³-hybridized carbons (Fsp3) is 0.467. The molecule has 0 fully saturated rings. The number of nitrogens with one attached hydrogen (secondary N) is 2. The van der Waals surface area contributed by atoms with Gasteiger partial charge in [-0.25, -0.2) is 4.79 Å². The number of oxazole rings is 1. The molecule has 20 heavy (non-hydrogen) atoms. The number of amides is 1. The van der Waals surface area contributed by atoms with Crippen molar-refractivity contribution in [3.05, 3.63) is 34.3 Å². The summed E-state index contributed by atoms with van der Waals surface area (Å²) in [4.78, 5) is 25.3. The highest BCUT2D eigenvalue weighted by Crippen LogP contribution is 2.17. The van der Waals surface area contributed by atoms with Gasteiger partial charge in [-0.15, -0.1) is 0 Å². The van der Waals surface area contributed by atoms with Crippen LogP contribution >= 0.6 is 0 Å². The van der Waals surface area contributed by atoms with Crippen LogP contribution in [0.4, 0.5) is 0 Å². The number of hydrogen-bond acceptors (Lipinski definition) is 3. The van der Waals surface area contributed by atoms with Gasteiger partial charge in [0.05, 0.1) is 5.52 Å². The van der Waals surface area contributed by atoms with Gasteiger partial charge >= 0.3 is 5.76 Å². The first kappa shape index (κ1) is 14.4. The van der Waals surface area contributed by atoms with Gasteiger partial charge in [0.1, 0.15) is 0 Å². The second-order valence-corrected chi connectivity index (χ2v) is 6.18. The van der Waals surface area contributed by atoms with Crippen molar-refractivity contribution in [2.45, 2.75) is 33.6 Å². The highest BCUT2D eigenvalue weighted by molar-refractivity contribution is 5.76. The Kier molecular flexibility index (Phi) is 3.97. The van der Waals surface area contributed by atoms with Gasteiger partial charge in [0.2, 0.25) is 5.91 Å². The first-order chi connectivity index (χ1) is 9.33. The molecule has 0 saturated carbocycles. The number of fused-ring (bicyclic) bond motifs is 1. The van der Waals surface area contributed by atoms with E-state index in [-0.39, 0.29) is 11.3 Å². The van der Waals surface area contributed by atoms with Crippen LogP contribution in [0.5, 0.6) is 0 Å². The molecule has 0 aliphatic rings. The van der Waals surface area contributed by atoms with E-state index in [2.05, 4.69) is 10.3 Å². The highest BCUT2D eigenvalue weighted by Gasteiger charge is 2.15. The molecule has 1 amide bonds. The summed E-state index contributed by atoms with van der Waals surface area (Å²) in [5, 5.41) is 2.90. The van der Waals surface area contributed by atoms with Crippen LogP contribution in [0.1, 0.15) is 32.8 Å². The molecule has 108 valence electrons. The Bertz CT molecular complexity index is 662. The topological polar surface area (TPSA) is 75.1 Å². The fourth-order valence-corrected chi connectivity index (χ4v) is 2.04. The van der Waals surface area contributed by atoms with E-state index in [0.29, 0.717) is 30.5 Å². The largest absolute Gasteiger partial charge is 0.417 e. The van der Waals surface area contributed by atoms with E-state index in [1.54, 1.807) is 0 Å². The van der Waals surface area contributed by atoms with Gasteiger partial charge in [-0.3, -0.25) is 9.78 Å². The molecule has 0 bridgehead atoms. The van der Waals surface area contributed by atoms with Crippen LogP contribution < -0.4 is 11.1 Å². The van der Waals surface area contributed by atoms with Crippen LogP contribution in [-0.4, -0.2) is 17.4 Å². The lowest BCUT2D eigenvalue weighted by Gasteiger charge is -2.17. The molecule has 5 nitrogen and oxygen atoms in total. The molecule has 0 spiro atoms. The number of carbonyl (C=O) groups is 1. The van der Waals surface area contributed by atoms with Gasteiger partial charge in [-0.2, -0.15) is 0 Å². The maximum Gasteiger partial charge on any atom is 0.417 e. The zero-order valence-corrected chi connectivity index (χ0v) is 12.1. The Hall–Kier alpha value is -2.04. The first-order valence-corrected chi connectivity index (χ1v) is 6.72. The molecule has 0 radical (unpaired) electrons. The van der Waals surface area contributed by atoms with Crippen LogP contribution in [0.2, 0.25) is 0 Å². The van der Waals surface area contributed by atoms with E-state index in [9.17, 15) is 9.59 Å². The number of benzene rings is 1. The summed E-state index contributed by atoms with van der Waals surface area (Å²) in [5.74, 6) is -0.387. The van der Waals surface area contributed by atoms with E-state index >= 15 is 0 Å². The summed E-state index contributed by atoms with van der Waals surface area (Å²) in [5.41, 5.74) is 2.26. The van der Waals surface area contributed by atoms with Crippen molar-refractivity contribution in [1.29, 1.82) is 0 Å². The summed E-state index contributed by atoms with van der Waals surface area (Å²) < 4.78 is 5.00. The number of aromatic amines is 1. The second kappa shape index (κ2) is 5.53. The molecule has 0 atom stereocenters. The maximum atomic E-state index is 11.7. The van der Waals surface area contributed by atoms with E-state index < -0.39 is 5.76 Å². The molecule has 0 aliphatic carbocycles. The fourth-order valence-electron chi connectivity index (χ4n) is 2.04. The van der Waals surface area contributed by atoms with E-state index in [1.807, 2.05) is 39.0 Å². The molecule has 1 aromatic carbocycles. The zero-order chi connectivity index (χ0) is 14.8. The number of carbonyl (C=O) groups excluding carboxylic acids is 1. The predicted octanol–water partition coefficient (Wildman–Crippen LogP) is 2.22. The van der Waals surface area contributed by atoms with Crippen molar-refractivity contribution in [1.82, 2.24) is 10.3 Å². The lowest BCUT2D eigenvalue weighted by Crippen LogP contribution is -2.29. The molecule has 1 heterocycles. The summed E-state index contributed by atoms with van der Waals surface area (Å²) in [6.07, 6.45) is 1.22. The second-order valence-electron chi connectivity index (χ2n) is 6.18. The summed E-state index contributed by atoms with van der Waals surface area (Å²) in [6, 6.07) is 5.55. The lowest BCUT2D eigenvalue weighted by molar-refractivity contribution is -0.122. The Morgan fingerprint density at radius 3 is 2.80 bits per heavy atom. The molecule has 2 aromatic rings. The minimum atomic E-state index is -0.448. The minimum absolute atomic E-state index is 0.00246. The van der Waals surface area contributed by atoms with Gasteiger partial charge < -0.3 is 9.73 Å². The van der Waals surface area contributed by atoms with E-state index in [0.717, 1.165) is 5.56 Å². The monoisotopic (exact) mass is 276 g/mol. The third-order valence-corrected chi connectivity index (χ3v) is 2.91. The normalized spacial score (nSPS) is 11.8. The Labute approximate surface area is 117 Å². The van der Waals surface area contributed by atoms with Crippen molar-refractivity contribution >= 4 is 17.0 Å². The van der Waals surface area contributed by atoms with Crippen LogP contribution in [0.15, 0.2) is 27.4 Å². The molecule has 5 heteroatoms. The number of aromatic nitrogens is 1. The van der Waals surface area contributed by atoms with Crippen molar-refractivity contribution in [3.63, 3.8) is 0 Å². The number of H-pyrrole nitrogens is 1. The molecule has 0 saturated heterocycles. The average Bonchev–Trinajstić information content (AvgIpc) is 2.66. The molecule has 1 aromatic heterocycles. The van der Waals surface area contributed by atoms with Gasteiger partial charge in [0.25, 0.3) is 0 Å². The Morgan fingerprint density at radius 1 is 1.35 bits per heavy atom. The van der Waals surface area contributed by atoms with E-state index in [4.69, 9.17) is 4.42 Å². The zero-order valence-electron chi connectivity index (χ0n) is 12.1. The van der Waals surface area contributed by atoms with E-state index in [1.165, 1.54) is 0 Å². The van der Waals surface area contributed by atoms with Crippen LogP contribution in [0.25, 0.3) is 11.1 Å². The molecular weight excluding hydrogens is 256 g/mol. The first-order valence-electron chi connectivity index (χ1n) is 6.72. The third kappa shape index (κ3) is 3.98. The van der Waals surface area contributed by atoms with Gasteiger partial charge in [0, 0.05) is 13.0 Å². The lowest BCUT2D eigenvalue weighted by atomic mass is 9.92. The molecule has 0 unspecified atom stereocenters. The third-order valence-electron chi connectivity index (χ3n) is 2.91. The summed E-state index contributed by atoms with van der Waals surface area (Å²) in [7, 11) is 0. The Morgan fingerprint density at radius 2 is 2.10 bits per heavy atom. The van der Waals surface area contributed by atoms with Gasteiger partial charge in [-0.05, 0) is 29.5 Å². The van der Waals surface area contributed by atoms with Crippen molar-refractivity contribution in [2.75, 3.05) is 6.54 Å². The number of hydrogen-bond donors (Lipinski definition) is 2. The van der Waals surface area contributed by atoms with Crippen molar-refractivity contribution in [3.8, 4) is 0 Å². The van der Waals surface area contributed by atoms with Crippen LogP contribution in [0.3, 0.4) is 0 Å². The predicted molar refractivity (Wildman–Crippen MR) is 77.6 cm³/mol. The van der Waals surface area contributed by atoms with Crippen LogP contribution in [-0.2, 0) is 11.2 Å². The molecule has 2 rings (SSSR count). The Balaban J connectivity index is 1.89. The van der Waals surface area contributed by atoms with Gasteiger partial charge in [-0.1, -0.05) is 26.8 Å². The highest BCUT2D eigenvalue weighted by atomic mass is 16.4. The summed E-state index contributed by atoms with van der Waals surface area (Å²) >= 11 is 0. The number of rotatable bonds is 4. The standard InChI is InChI=1S/C15H20N2O3/c1-15(2,3)9-13(18)16-7-6-10-4-5-11-12(8-10)20-14(19)17-11/h4-5,8H,6-7,9H2,1-3H3,(H,16,18)(H,17,19). The average molecular weight is 276 g/mol. The minimum Gasteiger partial charge on any atom is -0.408 e. The molecular formula is C15H20N2O3. The molecule has 0 aliphatic heterocycles. The quantitative estimate of drug-likeness (QED) is 0.899. The van der Waals surface area contributed by atoms with Crippen molar-refractivity contribution in [2.24, 2.45) is 5.41 Å². The summed E-state index contributed by atoms with van der Waals surface area (Å²) in [6.45, 7) is 6.69. The SMILES string of the molecule is CC(C)(C)CC(=O)NCCc1ccc2[nH]c(=O)oc2c1. The van der Waals surface area contributed by atoms with Crippen molar-refractivity contribution < 1.29 is 9.21 Å². The molecule has 2 N–H and O–H groups in total. The van der Waals surface area contributed by atoms with Crippen LogP contribution in [0, 0.1) is 5.41 Å². The maximum absolute atomic E-state index is 11.7. The van der Waals surface area contributed by atoms with Gasteiger partial charge in [0.15, 0.2) is 5.58 Å².